The van der Waals surface area contributed by atoms with Gasteiger partial charge in [-0.2, -0.15) is 0 Å². The van der Waals surface area contributed by atoms with Gasteiger partial charge in [0.1, 0.15) is 5.01 Å². The first-order valence-electron chi connectivity index (χ1n) is 11.8. The maximum absolute atomic E-state index is 13.3. The van der Waals surface area contributed by atoms with Gasteiger partial charge in [-0.15, -0.1) is 11.3 Å². The van der Waals surface area contributed by atoms with E-state index in [1.165, 1.54) is 17.4 Å². The van der Waals surface area contributed by atoms with Crippen LogP contribution in [0.5, 0.6) is 0 Å². The summed E-state index contributed by atoms with van der Waals surface area (Å²) in [4.78, 5) is 28.9. The minimum atomic E-state index is -3.92. The molecule has 3 aromatic rings. The van der Waals surface area contributed by atoms with Gasteiger partial charge in [-0.05, 0) is 71.0 Å². The molecule has 3 rings (SSSR count). The van der Waals surface area contributed by atoms with Crippen molar-refractivity contribution >= 4 is 44.7 Å². The lowest BCUT2D eigenvalue weighted by Crippen LogP contribution is -2.40. The van der Waals surface area contributed by atoms with Crippen LogP contribution in [-0.2, 0) is 19.6 Å². The number of aromatic nitrogens is 1. The van der Waals surface area contributed by atoms with Crippen LogP contribution in [-0.4, -0.2) is 37.0 Å². The third-order valence-corrected chi connectivity index (χ3v) is 7.69. The molecule has 0 bridgehead atoms. The molecular weight excluding hydrogens is 512 g/mol. The number of thiazole rings is 1. The number of carbonyl (C=O) groups is 2. The van der Waals surface area contributed by atoms with Gasteiger partial charge in [-0.25, -0.2) is 22.9 Å². The number of hydrogen-bond donors (Lipinski definition) is 3. The molecule has 0 spiro atoms. The molecule has 37 heavy (non-hydrogen) atoms. The van der Waals surface area contributed by atoms with Gasteiger partial charge in [0, 0.05) is 40.7 Å². The summed E-state index contributed by atoms with van der Waals surface area (Å²) in [6, 6.07) is 11.9. The van der Waals surface area contributed by atoms with Crippen LogP contribution in [0.15, 0.2) is 53.6 Å². The smallest absolute Gasteiger partial charge is 0.411 e. The number of benzene rings is 2. The van der Waals surface area contributed by atoms with E-state index in [0.29, 0.717) is 26.8 Å². The Balaban J connectivity index is 1.94. The first-order chi connectivity index (χ1) is 17.3. The summed E-state index contributed by atoms with van der Waals surface area (Å²) in [5.41, 5.74) is 1.56. The van der Waals surface area contributed by atoms with E-state index in [1.807, 2.05) is 12.1 Å². The summed E-state index contributed by atoms with van der Waals surface area (Å²) in [7, 11) is -3.92. The molecule has 198 valence electrons. The fraction of sp³-hybridized carbons (Fsp3) is 0.346. The molecular formula is C26H32N4O5S2. The van der Waals surface area contributed by atoms with Crippen LogP contribution in [0.1, 0.15) is 48.0 Å². The summed E-state index contributed by atoms with van der Waals surface area (Å²) in [5.74, 6) is -0.213. The third-order valence-electron chi connectivity index (χ3n) is 4.81. The lowest BCUT2D eigenvalue weighted by atomic mass is 10.1. The van der Waals surface area contributed by atoms with Crippen LogP contribution in [0, 0.1) is 0 Å². The molecule has 1 heterocycles. The molecule has 1 aromatic heterocycles. The van der Waals surface area contributed by atoms with Gasteiger partial charge in [0.25, 0.3) is 0 Å². The van der Waals surface area contributed by atoms with Crippen molar-refractivity contribution in [2.24, 2.45) is 0 Å². The summed E-state index contributed by atoms with van der Waals surface area (Å²) >= 11 is 1.34. The van der Waals surface area contributed by atoms with E-state index in [9.17, 15) is 18.0 Å². The van der Waals surface area contributed by atoms with Gasteiger partial charge in [-0.1, -0.05) is 13.0 Å². The van der Waals surface area contributed by atoms with E-state index >= 15 is 0 Å². The highest BCUT2D eigenvalue weighted by atomic mass is 32.2. The predicted molar refractivity (Wildman–Crippen MR) is 147 cm³/mol. The second kappa shape index (κ2) is 11.4. The number of anilines is 2. The van der Waals surface area contributed by atoms with Gasteiger partial charge in [0.2, 0.25) is 15.9 Å². The number of nitrogens with zero attached hydrogens (tertiary/aromatic N) is 1. The number of nitrogens with one attached hydrogen (secondary N) is 3. The fourth-order valence-corrected chi connectivity index (χ4v) is 6.01. The monoisotopic (exact) mass is 544 g/mol. The van der Waals surface area contributed by atoms with E-state index in [-0.39, 0.29) is 23.3 Å². The highest BCUT2D eigenvalue weighted by Crippen LogP contribution is 2.37. The Morgan fingerprint density at radius 3 is 2.27 bits per heavy atom. The summed E-state index contributed by atoms with van der Waals surface area (Å²) in [6.45, 7) is 10.6. The van der Waals surface area contributed by atoms with Crippen molar-refractivity contribution in [1.29, 1.82) is 0 Å². The van der Waals surface area contributed by atoms with Crippen LogP contribution < -0.4 is 15.4 Å². The summed E-state index contributed by atoms with van der Waals surface area (Å²) in [6.07, 6.45) is 1.14. The van der Waals surface area contributed by atoms with Crippen molar-refractivity contribution in [3.8, 4) is 21.0 Å². The topological polar surface area (TPSA) is 126 Å². The van der Waals surface area contributed by atoms with Crippen LogP contribution >= 0.6 is 11.3 Å². The molecule has 9 nitrogen and oxygen atoms in total. The predicted octanol–water partition coefficient (Wildman–Crippen LogP) is 5.86. The van der Waals surface area contributed by atoms with Gasteiger partial charge in [-0.3, -0.25) is 10.1 Å². The minimum absolute atomic E-state index is 0.0507. The maximum atomic E-state index is 13.3. The molecule has 0 aliphatic heterocycles. The highest BCUT2D eigenvalue weighted by molar-refractivity contribution is 7.89. The van der Waals surface area contributed by atoms with Crippen molar-refractivity contribution in [3.63, 3.8) is 0 Å². The minimum Gasteiger partial charge on any atom is -0.447 e. The molecule has 0 radical (unpaired) electrons. The Hall–Kier alpha value is -3.28. The van der Waals surface area contributed by atoms with E-state index in [2.05, 4.69) is 20.3 Å². The fourth-order valence-electron chi connectivity index (χ4n) is 3.32. The number of rotatable bonds is 8. The van der Waals surface area contributed by atoms with Crippen molar-refractivity contribution in [2.75, 3.05) is 10.6 Å². The molecule has 3 N–H and O–H groups in total. The van der Waals surface area contributed by atoms with Crippen molar-refractivity contribution in [3.05, 3.63) is 48.7 Å². The normalized spacial score (nSPS) is 11.9. The first-order valence-corrected chi connectivity index (χ1v) is 14.1. The second-order valence-electron chi connectivity index (χ2n) is 9.65. The number of hydrogen-bond acceptors (Lipinski definition) is 7. The lowest BCUT2D eigenvalue weighted by molar-refractivity contribution is -0.115. The molecule has 0 fully saturated rings. The SMILES string of the molecule is CCC(=O)Nc1ccc(-c2cnc(-c3ccc(NC(=O)OC(C)C)cc3)s2)c(S(=O)(=O)NC(C)(C)C)c1. The van der Waals surface area contributed by atoms with Crippen molar-refractivity contribution in [2.45, 2.75) is 64.5 Å². The Bertz CT molecular complexity index is 1370. The maximum Gasteiger partial charge on any atom is 0.411 e. The standard InChI is InChI=1S/C26H32N4O5S2/c1-7-23(31)28-19-12-13-20(22(14-19)37(33,34)30-26(4,5)6)21-15-27-24(36-21)17-8-10-18(11-9-17)29-25(32)35-16(2)3/h8-16,30H,7H2,1-6H3,(H,28,31)(H,29,32). The molecule has 2 aromatic carbocycles. The first kappa shape index (κ1) is 28.3. The van der Waals surface area contributed by atoms with Gasteiger partial charge < -0.3 is 10.1 Å². The van der Waals surface area contributed by atoms with Crippen LogP contribution in [0.2, 0.25) is 0 Å². The molecule has 0 aliphatic rings. The number of ether oxygens (including phenoxy) is 1. The Morgan fingerprint density at radius 1 is 1.03 bits per heavy atom. The zero-order chi connectivity index (χ0) is 27.4. The highest BCUT2D eigenvalue weighted by Gasteiger charge is 2.26. The number of carbonyl (C=O) groups excluding carboxylic acids is 2. The summed E-state index contributed by atoms with van der Waals surface area (Å²) in [5, 5.41) is 6.07. The molecule has 0 aliphatic carbocycles. The van der Waals surface area contributed by atoms with Gasteiger partial charge in [0.05, 0.1) is 15.9 Å². The average molecular weight is 545 g/mol. The van der Waals surface area contributed by atoms with Crippen LogP contribution in [0.3, 0.4) is 0 Å². The van der Waals surface area contributed by atoms with E-state index < -0.39 is 21.7 Å². The third kappa shape index (κ3) is 7.85. The Labute approximate surface area is 221 Å². The Kier molecular flexibility index (Phi) is 8.72. The van der Waals surface area contributed by atoms with Crippen molar-refractivity contribution < 1.29 is 22.7 Å². The zero-order valence-corrected chi connectivity index (χ0v) is 23.3. The van der Waals surface area contributed by atoms with Gasteiger partial charge >= 0.3 is 6.09 Å². The lowest BCUT2D eigenvalue weighted by Gasteiger charge is -2.22. The number of amides is 2. The molecule has 2 amide bonds. The van der Waals surface area contributed by atoms with Crippen LogP contribution in [0.25, 0.3) is 21.0 Å². The summed E-state index contributed by atoms with van der Waals surface area (Å²) < 4.78 is 34.4. The molecule has 0 saturated heterocycles. The zero-order valence-electron chi connectivity index (χ0n) is 21.7. The van der Waals surface area contributed by atoms with E-state index in [0.717, 1.165) is 5.56 Å². The van der Waals surface area contributed by atoms with Gasteiger partial charge in [0.15, 0.2) is 0 Å². The van der Waals surface area contributed by atoms with Crippen LogP contribution in [0.4, 0.5) is 16.2 Å². The molecule has 0 atom stereocenters. The molecule has 0 unspecified atom stereocenters. The quantitative estimate of drug-likeness (QED) is 0.326. The number of sulfonamides is 1. The molecule has 0 saturated carbocycles. The van der Waals surface area contributed by atoms with E-state index in [4.69, 9.17) is 4.74 Å². The van der Waals surface area contributed by atoms with E-state index in [1.54, 1.807) is 72.0 Å². The largest absolute Gasteiger partial charge is 0.447 e. The molecule has 11 heteroatoms. The van der Waals surface area contributed by atoms with Crippen molar-refractivity contribution in [1.82, 2.24) is 9.71 Å². The average Bonchev–Trinajstić information content (AvgIpc) is 3.27. The second-order valence-corrected chi connectivity index (χ2v) is 12.3. The Morgan fingerprint density at radius 2 is 1.68 bits per heavy atom.